The van der Waals surface area contributed by atoms with Gasteiger partial charge in [-0.25, -0.2) is 9.42 Å². The average molecular weight is 280 g/mol. The van der Waals surface area contributed by atoms with Crippen LogP contribution in [-0.2, 0) is 14.3 Å². The molecule has 3 N–H and O–H groups in total. The number of nitrogens with zero attached hydrogens (tertiary/aromatic N) is 2. The fourth-order valence-electron chi connectivity index (χ4n) is 2.18. The second kappa shape index (κ2) is 5.72. The molecule has 2 rings (SSSR count). The third kappa shape index (κ3) is 2.79. The molecule has 0 spiro atoms. The summed E-state index contributed by atoms with van der Waals surface area (Å²) in [6.45, 7) is 3.79. The smallest absolute Gasteiger partial charge is 0.336 e. The van der Waals surface area contributed by atoms with Crippen LogP contribution in [-0.4, -0.2) is 28.7 Å². The lowest BCUT2D eigenvalue weighted by molar-refractivity contribution is -0.139. The van der Waals surface area contributed by atoms with Gasteiger partial charge in [0.05, 0.1) is 12.2 Å². The van der Waals surface area contributed by atoms with Crippen molar-refractivity contribution in [1.29, 1.82) is 0 Å². The van der Waals surface area contributed by atoms with E-state index in [-0.39, 0.29) is 36.4 Å². The molecule has 1 unspecified atom stereocenters. The van der Waals surface area contributed by atoms with Gasteiger partial charge in [-0.1, -0.05) is 6.92 Å². The first kappa shape index (κ1) is 14.0. The van der Waals surface area contributed by atoms with Crippen LogP contribution >= 0.6 is 0 Å². The van der Waals surface area contributed by atoms with Crippen molar-refractivity contribution in [2.45, 2.75) is 26.7 Å². The highest BCUT2D eigenvalue weighted by Crippen LogP contribution is 2.30. The van der Waals surface area contributed by atoms with Crippen molar-refractivity contribution in [3.05, 3.63) is 11.3 Å². The van der Waals surface area contributed by atoms with Gasteiger partial charge >= 0.3 is 5.97 Å². The molecule has 0 aromatic carbocycles. The first-order chi connectivity index (χ1) is 9.52. The Morgan fingerprint density at radius 2 is 2.30 bits per heavy atom. The summed E-state index contributed by atoms with van der Waals surface area (Å²) >= 11 is 0. The van der Waals surface area contributed by atoms with Gasteiger partial charge in [-0.3, -0.25) is 4.79 Å². The molecule has 20 heavy (non-hydrogen) atoms. The standard InChI is InChI=1S/C12H16N4O4/c1-3-19-12(18)9-6(2)4-7(17)5-8(9)14-11-10(13)15-20-16-11/h6H,3-5H2,1-2H3,(H2,13,15)(H,14,16). The van der Waals surface area contributed by atoms with Crippen molar-refractivity contribution < 1.29 is 19.0 Å². The van der Waals surface area contributed by atoms with Crippen molar-refractivity contribution in [3.63, 3.8) is 0 Å². The Hall–Kier alpha value is -2.38. The maximum Gasteiger partial charge on any atom is 0.336 e. The van der Waals surface area contributed by atoms with Crippen LogP contribution in [0.4, 0.5) is 11.6 Å². The minimum atomic E-state index is -0.440. The summed E-state index contributed by atoms with van der Waals surface area (Å²) in [4.78, 5) is 23.7. The summed E-state index contributed by atoms with van der Waals surface area (Å²) in [5.41, 5.74) is 6.43. The average Bonchev–Trinajstić information content (AvgIpc) is 2.74. The maximum atomic E-state index is 12.0. The molecule has 1 atom stereocenters. The summed E-state index contributed by atoms with van der Waals surface area (Å²) < 4.78 is 9.50. The maximum absolute atomic E-state index is 12.0. The number of hydrogen-bond donors (Lipinski definition) is 2. The van der Waals surface area contributed by atoms with Gasteiger partial charge in [0.15, 0.2) is 0 Å². The molecule has 8 heteroatoms. The molecule has 0 radical (unpaired) electrons. The van der Waals surface area contributed by atoms with E-state index in [0.717, 1.165) is 0 Å². The molecule has 0 amide bonds. The van der Waals surface area contributed by atoms with Gasteiger partial charge in [0, 0.05) is 18.5 Å². The molecule has 8 nitrogen and oxygen atoms in total. The summed E-state index contributed by atoms with van der Waals surface area (Å²) in [6.07, 6.45) is 0.413. The number of nitrogens with one attached hydrogen (secondary N) is 1. The molecule has 0 saturated carbocycles. The van der Waals surface area contributed by atoms with Gasteiger partial charge in [0.1, 0.15) is 5.78 Å². The van der Waals surface area contributed by atoms with Crippen molar-refractivity contribution in [1.82, 2.24) is 10.3 Å². The molecule has 1 aromatic rings. The number of ketones is 1. The van der Waals surface area contributed by atoms with E-state index in [1.54, 1.807) is 13.8 Å². The summed E-state index contributed by atoms with van der Waals surface area (Å²) in [5.74, 6) is -0.387. The number of anilines is 2. The number of carbonyl (C=O) groups is 2. The molecule has 1 aliphatic rings. The van der Waals surface area contributed by atoms with Crippen LogP contribution in [0.25, 0.3) is 0 Å². The summed E-state index contributed by atoms with van der Waals surface area (Å²) in [7, 11) is 0. The van der Waals surface area contributed by atoms with E-state index in [4.69, 9.17) is 10.5 Å². The number of Topliss-reactive ketones (excluding diaryl/α,β-unsaturated/α-hetero) is 1. The number of esters is 1. The van der Waals surface area contributed by atoms with E-state index in [9.17, 15) is 9.59 Å². The molecule has 108 valence electrons. The van der Waals surface area contributed by atoms with Gasteiger partial charge < -0.3 is 15.8 Å². The van der Waals surface area contributed by atoms with E-state index in [0.29, 0.717) is 17.7 Å². The Balaban J connectivity index is 2.35. The van der Waals surface area contributed by atoms with Crippen molar-refractivity contribution in [2.75, 3.05) is 17.7 Å². The fraction of sp³-hybridized carbons (Fsp3) is 0.500. The topological polar surface area (TPSA) is 120 Å². The van der Waals surface area contributed by atoms with Gasteiger partial charge in [0.25, 0.3) is 0 Å². The predicted octanol–water partition coefficient (Wildman–Crippen LogP) is 0.880. The third-order valence-corrected chi connectivity index (χ3v) is 3.00. The zero-order valence-electron chi connectivity index (χ0n) is 11.3. The van der Waals surface area contributed by atoms with Gasteiger partial charge in [0.2, 0.25) is 11.6 Å². The number of hydrogen-bond acceptors (Lipinski definition) is 8. The summed E-state index contributed by atoms with van der Waals surface area (Å²) in [5, 5.41) is 9.86. The number of nitrogens with two attached hydrogens (primary N) is 1. The van der Waals surface area contributed by atoms with E-state index in [1.807, 2.05) is 0 Å². The van der Waals surface area contributed by atoms with Gasteiger partial charge in [-0.05, 0) is 23.2 Å². The molecular formula is C12H16N4O4. The highest BCUT2D eigenvalue weighted by Gasteiger charge is 2.31. The zero-order valence-corrected chi connectivity index (χ0v) is 11.3. The number of ether oxygens (including phenoxy) is 1. The van der Waals surface area contributed by atoms with Crippen LogP contribution in [0.3, 0.4) is 0 Å². The van der Waals surface area contributed by atoms with Gasteiger partial charge in [-0.15, -0.1) is 0 Å². The molecule has 0 fully saturated rings. The number of allylic oxidation sites excluding steroid dienone is 1. The molecule has 0 saturated heterocycles. The minimum Gasteiger partial charge on any atom is -0.463 e. The first-order valence-electron chi connectivity index (χ1n) is 6.29. The van der Waals surface area contributed by atoms with Crippen LogP contribution in [0.2, 0.25) is 0 Å². The monoisotopic (exact) mass is 280 g/mol. The lowest BCUT2D eigenvalue weighted by atomic mass is 9.86. The van der Waals surface area contributed by atoms with Crippen molar-refractivity contribution in [2.24, 2.45) is 5.92 Å². The SMILES string of the molecule is CCOC(=O)C1=C(Nc2nonc2N)CC(=O)CC1C. The number of nitrogen functional groups attached to an aromatic ring is 1. The zero-order chi connectivity index (χ0) is 14.7. The molecule has 1 aliphatic carbocycles. The minimum absolute atomic E-state index is 0.0306. The number of carbonyl (C=O) groups excluding carboxylic acids is 2. The Labute approximate surface area is 115 Å². The van der Waals surface area contributed by atoms with Crippen molar-refractivity contribution >= 4 is 23.4 Å². The molecule has 0 bridgehead atoms. The molecule has 1 heterocycles. The quantitative estimate of drug-likeness (QED) is 0.780. The lowest BCUT2D eigenvalue weighted by Crippen LogP contribution is -2.27. The van der Waals surface area contributed by atoms with Crippen LogP contribution < -0.4 is 11.1 Å². The van der Waals surface area contributed by atoms with Crippen LogP contribution in [0.15, 0.2) is 15.9 Å². The summed E-state index contributed by atoms with van der Waals surface area (Å²) in [6, 6.07) is 0. The number of rotatable bonds is 4. The van der Waals surface area contributed by atoms with E-state index >= 15 is 0 Å². The van der Waals surface area contributed by atoms with E-state index in [1.165, 1.54) is 0 Å². The fourth-order valence-corrected chi connectivity index (χ4v) is 2.18. The second-order valence-electron chi connectivity index (χ2n) is 4.56. The van der Waals surface area contributed by atoms with E-state index < -0.39 is 5.97 Å². The molecule has 0 aliphatic heterocycles. The largest absolute Gasteiger partial charge is 0.463 e. The molecule has 1 aromatic heterocycles. The predicted molar refractivity (Wildman–Crippen MR) is 69.4 cm³/mol. The van der Waals surface area contributed by atoms with Crippen molar-refractivity contribution in [3.8, 4) is 0 Å². The van der Waals surface area contributed by atoms with E-state index in [2.05, 4.69) is 20.3 Å². The third-order valence-electron chi connectivity index (χ3n) is 3.00. The first-order valence-corrected chi connectivity index (χ1v) is 6.29. The number of aromatic nitrogens is 2. The van der Waals surface area contributed by atoms with Crippen LogP contribution in [0, 0.1) is 5.92 Å². The Kier molecular flexibility index (Phi) is 4.02. The van der Waals surface area contributed by atoms with Gasteiger partial charge in [-0.2, -0.15) is 0 Å². The Morgan fingerprint density at radius 1 is 1.55 bits per heavy atom. The second-order valence-corrected chi connectivity index (χ2v) is 4.56. The Morgan fingerprint density at radius 3 is 2.90 bits per heavy atom. The lowest BCUT2D eigenvalue weighted by Gasteiger charge is -2.24. The highest BCUT2D eigenvalue weighted by molar-refractivity contribution is 5.96. The highest BCUT2D eigenvalue weighted by atomic mass is 16.6. The Bertz CT molecular complexity index is 564. The van der Waals surface area contributed by atoms with Crippen LogP contribution in [0.5, 0.6) is 0 Å². The molecular weight excluding hydrogens is 264 g/mol. The normalized spacial score (nSPS) is 19.1. The van der Waals surface area contributed by atoms with Crippen LogP contribution in [0.1, 0.15) is 26.7 Å².